The van der Waals surface area contributed by atoms with Crippen LogP contribution in [0.5, 0.6) is 34.5 Å². The molecule has 1 heterocycles. The number of hydrogen-bond acceptors (Lipinski definition) is 7. The summed E-state index contributed by atoms with van der Waals surface area (Å²) in [5.41, 5.74) is 3.84. The van der Waals surface area contributed by atoms with Crippen LogP contribution in [0.15, 0.2) is 12.1 Å². The zero-order valence-corrected chi connectivity index (χ0v) is 19.2. The molecule has 4 rings (SSSR count). The van der Waals surface area contributed by atoms with Gasteiger partial charge in [-0.05, 0) is 41.5 Å². The minimum Gasteiger partial charge on any atom is -0.493 e. The van der Waals surface area contributed by atoms with Crippen molar-refractivity contribution < 1.29 is 33.2 Å². The molecule has 2 bridgehead atoms. The number of ether oxygens (including phenoxy) is 7. The standard InChI is InChI=1S/C24H30O7/c1-12-14-8-13-9-16(25-2)21(27-4)23(29-6)18(13)19-15(20(12)31-11-14)10-17(26-3)22(28-5)24(19)30-7/h9-10,12,14,20H,8,11H2,1-7H3/t12-,14-,20+/m0/s1. The summed E-state index contributed by atoms with van der Waals surface area (Å²) in [5, 5.41) is 0. The van der Waals surface area contributed by atoms with Crippen molar-refractivity contribution in [2.75, 3.05) is 49.3 Å². The highest BCUT2D eigenvalue weighted by atomic mass is 16.5. The van der Waals surface area contributed by atoms with Crippen molar-refractivity contribution in [2.24, 2.45) is 11.8 Å². The third kappa shape index (κ3) is 3.14. The van der Waals surface area contributed by atoms with Crippen molar-refractivity contribution in [3.63, 3.8) is 0 Å². The Bertz CT molecular complexity index is 985. The second-order valence-electron chi connectivity index (χ2n) is 7.87. The highest BCUT2D eigenvalue weighted by Crippen LogP contribution is 2.58. The smallest absolute Gasteiger partial charge is 0.203 e. The van der Waals surface area contributed by atoms with E-state index in [0.717, 1.165) is 28.7 Å². The Morgan fingerprint density at radius 1 is 0.710 bits per heavy atom. The van der Waals surface area contributed by atoms with Gasteiger partial charge in [0.2, 0.25) is 11.5 Å². The molecule has 7 nitrogen and oxygen atoms in total. The van der Waals surface area contributed by atoms with Gasteiger partial charge in [-0.2, -0.15) is 0 Å². The normalized spacial score (nSPS) is 21.3. The zero-order chi connectivity index (χ0) is 22.3. The first kappa shape index (κ1) is 21.4. The van der Waals surface area contributed by atoms with Crippen LogP contribution in [0.3, 0.4) is 0 Å². The average molecular weight is 430 g/mol. The van der Waals surface area contributed by atoms with Gasteiger partial charge in [-0.3, -0.25) is 0 Å². The van der Waals surface area contributed by atoms with E-state index in [0.29, 0.717) is 52.9 Å². The Morgan fingerprint density at radius 3 is 1.81 bits per heavy atom. The Hall–Kier alpha value is -2.80. The van der Waals surface area contributed by atoms with E-state index < -0.39 is 0 Å². The van der Waals surface area contributed by atoms with Gasteiger partial charge in [0.15, 0.2) is 23.0 Å². The predicted molar refractivity (Wildman–Crippen MR) is 116 cm³/mol. The topological polar surface area (TPSA) is 64.6 Å². The van der Waals surface area contributed by atoms with E-state index in [1.165, 1.54) is 0 Å². The molecule has 1 aliphatic heterocycles. The molecule has 0 saturated carbocycles. The van der Waals surface area contributed by atoms with Crippen LogP contribution < -0.4 is 28.4 Å². The van der Waals surface area contributed by atoms with Crippen molar-refractivity contribution in [3.05, 3.63) is 23.3 Å². The first-order valence-electron chi connectivity index (χ1n) is 10.3. The highest BCUT2D eigenvalue weighted by Gasteiger charge is 2.42. The minimum absolute atomic E-state index is 0.0975. The van der Waals surface area contributed by atoms with Crippen molar-refractivity contribution in [1.29, 1.82) is 0 Å². The fourth-order valence-electron chi connectivity index (χ4n) is 4.98. The summed E-state index contributed by atoms with van der Waals surface area (Å²) >= 11 is 0. The second-order valence-corrected chi connectivity index (χ2v) is 7.87. The van der Waals surface area contributed by atoms with Gasteiger partial charge in [0, 0.05) is 11.1 Å². The summed E-state index contributed by atoms with van der Waals surface area (Å²) in [6, 6.07) is 4.02. The molecule has 2 aromatic rings. The molecule has 0 radical (unpaired) electrons. The molecule has 7 heteroatoms. The van der Waals surface area contributed by atoms with Crippen molar-refractivity contribution in [2.45, 2.75) is 19.4 Å². The Morgan fingerprint density at radius 2 is 1.26 bits per heavy atom. The average Bonchev–Trinajstić information content (AvgIpc) is 3.18. The summed E-state index contributed by atoms with van der Waals surface area (Å²) in [6.45, 7) is 2.91. The summed E-state index contributed by atoms with van der Waals surface area (Å²) in [4.78, 5) is 0. The lowest BCUT2D eigenvalue weighted by molar-refractivity contribution is 0.0935. The van der Waals surface area contributed by atoms with Crippen molar-refractivity contribution >= 4 is 0 Å². The molecule has 1 fully saturated rings. The monoisotopic (exact) mass is 430 g/mol. The predicted octanol–water partition coefficient (Wildman–Crippen LogP) is 4.28. The SMILES string of the molecule is COc1cc2c(c(OC)c1OC)-c1c(cc(OC)c(OC)c1OC)[C@@H]1OC[C@H](C2)[C@@H]1C. The molecule has 3 atom stereocenters. The largest absolute Gasteiger partial charge is 0.493 e. The highest BCUT2D eigenvalue weighted by molar-refractivity contribution is 5.88. The van der Waals surface area contributed by atoms with Crippen molar-refractivity contribution in [1.82, 2.24) is 0 Å². The summed E-state index contributed by atoms with van der Waals surface area (Å²) in [7, 11) is 9.73. The molecule has 0 unspecified atom stereocenters. The molecule has 31 heavy (non-hydrogen) atoms. The number of rotatable bonds is 6. The van der Waals surface area contributed by atoms with Gasteiger partial charge in [0.05, 0.1) is 55.4 Å². The molecule has 0 N–H and O–H groups in total. The van der Waals surface area contributed by atoms with Crippen LogP contribution in [0.1, 0.15) is 24.2 Å². The minimum atomic E-state index is -0.0975. The van der Waals surface area contributed by atoms with E-state index >= 15 is 0 Å². The summed E-state index contributed by atoms with van der Waals surface area (Å²) < 4.78 is 40.8. The van der Waals surface area contributed by atoms with Crippen LogP contribution in [0, 0.1) is 11.8 Å². The fraction of sp³-hybridized carbons (Fsp3) is 0.500. The van der Waals surface area contributed by atoms with E-state index in [2.05, 4.69) is 6.92 Å². The Kier molecular flexibility index (Phi) is 5.79. The number of hydrogen-bond donors (Lipinski definition) is 0. The molecule has 168 valence electrons. The van der Waals surface area contributed by atoms with E-state index in [1.807, 2.05) is 12.1 Å². The molecule has 1 saturated heterocycles. The second kappa shape index (κ2) is 8.38. The molecule has 2 aliphatic rings. The van der Waals surface area contributed by atoms with Gasteiger partial charge in [0.25, 0.3) is 0 Å². The molecular weight excluding hydrogens is 400 g/mol. The fourth-order valence-corrected chi connectivity index (χ4v) is 4.98. The molecular formula is C24H30O7. The number of fused-ring (bicyclic) bond motifs is 6. The quantitative estimate of drug-likeness (QED) is 0.678. The molecule has 1 aliphatic carbocycles. The molecule has 2 aromatic carbocycles. The lowest BCUT2D eigenvalue weighted by Gasteiger charge is -2.30. The van der Waals surface area contributed by atoms with E-state index in [9.17, 15) is 0 Å². The van der Waals surface area contributed by atoms with Gasteiger partial charge in [-0.15, -0.1) is 0 Å². The van der Waals surface area contributed by atoms with E-state index in [-0.39, 0.29) is 6.10 Å². The van der Waals surface area contributed by atoms with Crippen LogP contribution in [-0.4, -0.2) is 49.3 Å². The first-order chi connectivity index (χ1) is 15.0. The molecule has 0 aromatic heterocycles. The van der Waals surface area contributed by atoms with Crippen molar-refractivity contribution in [3.8, 4) is 45.6 Å². The van der Waals surface area contributed by atoms with E-state index in [1.54, 1.807) is 42.7 Å². The first-order valence-corrected chi connectivity index (χ1v) is 10.3. The van der Waals surface area contributed by atoms with Gasteiger partial charge < -0.3 is 33.2 Å². The summed E-state index contributed by atoms with van der Waals surface area (Å²) in [6.07, 6.45) is 0.723. The third-order valence-electron chi connectivity index (χ3n) is 6.52. The van der Waals surface area contributed by atoms with Gasteiger partial charge in [0.1, 0.15) is 0 Å². The number of benzene rings is 2. The number of methoxy groups -OCH3 is 6. The lowest BCUT2D eigenvalue weighted by atomic mass is 9.77. The van der Waals surface area contributed by atoms with E-state index in [4.69, 9.17) is 33.2 Å². The molecule has 0 spiro atoms. The molecule has 0 amide bonds. The van der Waals surface area contributed by atoms with Crippen LogP contribution in [0.2, 0.25) is 0 Å². The maximum Gasteiger partial charge on any atom is 0.203 e. The Labute approximate surface area is 183 Å². The van der Waals surface area contributed by atoms with Crippen LogP contribution in [0.25, 0.3) is 11.1 Å². The van der Waals surface area contributed by atoms with Crippen LogP contribution >= 0.6 is 0 Å². The third-order valence-corrected chi connectivity index (χ3v) is 6.52. The Balaban J connectivity index is 2.18. The maximum absolute atomic E-state index is 6.31. The van der Waals surface area contributed by atoms with Gasteiger partial charge >= 0.3 is 0 Å². The zero-order valence-electron chi connectivity index (χ0n) is 19.2. The maximum atomic E-state index is 6.31. The lowest BCUT2D eigenvalue weighted by Crippen LogP contribution is -2.19. The van der Waals surface area contributed by atoms with Gasteiger partial charge in [-0.1, -0.05) is 6.92 Å². The van der Waals surface area contributed by atoms with Crippen LogP contribution in [0.4, 0.5) is 0 Å². The van der Waals surface area contributed by atoms with Crippen LogP contribution in [-0.2, 0) is 11.2 Å². The summed E-state index contributed by atoms with van der Waals surface area (Å²) in [5.74, 6) is 4.12. The van der Waals surface area contributed by atoms with Gasteiger partial charge in [-0.25, -0.2) is 0 Å².